The zero-order valence-corrected chi connectivity index (χ0v) is 18.6. The van der Waals surface area contributed by atoms with Gasteiger partial charge in [-0.3, -0.25) is 9.59 Å². The summed E-state index contributed by atoms with van der Waals surface area (Å²) in [6, 6.07) is 8.02. The molecule has 5 nitrogen and oxygen atoms in total. The Bertz CT molecular complexity index is 689. The number of esters is 1. The van der Waals surface area contributed by atoms with Crippen molar-refractivity contribution in [2.75, 3.05) is 24.4 Å². The summed E-state index contributed by atoms with van der Waals surface area (Å²) in [5.74, 6) is 1.50. The molecular weight excluding hydrogens is 408 g/mol. The highest BCUT2D eigenvalue weighted by molar-refractivity contribution is 8.01. The van der Waals surface area contributed by atoms with E-state index in [1.54, 1.807) is 23.9 Å². The summed E-state index contributed by atoms with van der Waals surface area (Å²) >= 11 is 3.07. The van der Waals surface area contributed by atoms with Gasteiger partial charge in [0, 0.05) is 18.8 Å². The van der Waals surface area contributed by atoms with Gasteiger partial charge in [0.05, 0.1) is 30.3 Å². The summed E-state index contributed by atoms with van der Waals surface area (Å²) in [6.45, 7) is 2.02. The average molecular weight is 439 g/mol. The molecule has 1 fully saturated rings. The number of ether oxygens (including phenoxy) is 1. The average Bonchev–Trinajstić information content (AvgIpc) is 2.97. The highest BCUT2D eigenvalue weighted by Crippen LogP contribution is 2.34. The van der Waals surface area contributed by atoms with Crippen LogP contribution in [0.15, 0.2) is 36.4 Å². The van der Waals surface area contributed by atoms with E-state index in [2.05, 4.69) is 4.74 Å². The molecule has 0 radical (unpaired) electrons. The van der Waals surface area contributed by atoms with Crippen LogP contribution in [-0.2, 0) is 20.7 Å². The van der Waals surface area contributed by atoms with Crippen LogP contribution in [-0.4, -0.2) is 63.8 Å². The van der Waals surface area contributed by atoms with Crippen LogP contribution in [0.5, 0.6) is 0 Å². The van der Waals surface area contributed by atoms with Crippen molar-refractivity contribution in [2.24, 2.45) is 5.92 Å². The molecule has 1 aromatic rings. The maximum atomic E-state index is 12.3. The van der Waals surface area contributed by atoms with Crippen molar-refractivity contribution in [3.8, 4) is 0 Å². The molecule has 0 bridgehead atoms. The Morgan fingerprint density at radius 2 is 2.03 bits per heavy atom. The summed E-state index contributed by atoms with van der Waals surface area (Å²) in [5.41, 5.74) is 2.22. The molecule has 160 valence electrons. The van der Waals surface area contributed by atoms with E-state index in [9.17, 15) is 19.8 Å². The Morgan fingerprint density at radius 1 is 1.31 bits per heavy atom. The van der Waals surface area contributed by atoms with Crippen molar-refractivity contribution in [3.05, 3.63) is 47.5 Å². The van der Waals surface area contributed by atoms with Gasteiger partial charge in [-0.2, -0.15) is 11.8 Å². The van der Waals surface area contributed by atoms with Gasteiger partial charge in [0.15, 0.2) is 0 Å². The number of methoxy groups -OCH3 is 1. The van der Waals surface area contributed by atoms with Crippen molar-refractivity contribution in [1.82, 2.24) is 0 Å². The maximum absolute atomic E-state index is 12.3. The zero-order chi connectivity index (χ0) is 21.2. The minimum atomic E-state index is -0.698. The molecule has 4 atom stereocenters. The van der Waals surface area contributed by atoms with Gasteiger partial charge in [0.1, 0.15) is 5.78 Å². The zero-order valence-electron chi connectivity index (χ0n) is 17.0. The van der Waals surface area contributed by atoms with E-state index >= 15 is 0 Å². The molecular formula is C22H30O5S2. The van der Waals surface area contributed by atoms with E-state index in [0.717, 1.165) is 23.5 Å². The molecule has 1 saturated carbocycles. The topological polar surface area (TPSA) is 83.8 Å². The minimum absolute atomic E-state index is 0.0624. The highest BCUT2D eigenvalue weighted by atomic mass is 32.2. The predicted molar refractivity (Wildman–Crippen MR) is 119 cm³/mol. The van der Waals surface area contributed by atoms with Crippen molar-refractivity contribution in [3.63, 3.8) is 0 Å². The first-order valence-corrected chi connectivity index (χ1v) is 12.0. The SMILES string of the molecule is COC(=O)CSCCCSC1C(=O)C[C@@H](O)C1/C=C/[C@H](O)Cc1ccc(C)cc1. The van der Waals surface area contributed by atoms with Crippen molar-refractivity contribution >= 4 is 35.3 Å². The fraction of sp³-hybridized carbons (Fsp3) is 0.545. The molecule has 0 amide bonds. The van der Waals surface area contributed by atoms with E-state index in [-0.39, 0.29) is 29.3 Å². The van der Waals surface area contributed by atoms with Gasteiger partial charge < -0.3 is 14.9 Å². The smallest absolute Gasteiger partial charge is 0.315 e. The number of benzene rings is 1. The molecule has 0 saturated heterocycles. The molecule has 7 heteroatoms. The van der Waals surface area contributed by atoms with Crippen molar-refractivity contribution in [2.45, 2.75) is 43.6 Å². The number of aryl methyl sites for hydroxylation is 1. The summed E-state index contributed by atoms with van der Waals surface area (Å²) < 4.78 is 4.60. The lowest BCUT2D eigenvalue weighted by Crippen LogP contribution is -2.22. The fourth-order valence-electron chi connectivity index (χ4n) is 3.18. The number of hydrogen-bond acceptors (Lipinski definition) is 7. The first-order valence-electron chi connectivity index (χ1n) is 9.79. The first-order chi connectivity index (χ1) is 13.9. The number of carbonyl (C=O) groups excluding carboxylic acids is 2. The summed E-state index contributed by atoms with van der Waals surface area (Å²) in [6.07, 6.45) is 3.70. The van der Waals surface area contributed by atoms with Crippen LogP contribution < -0.4 is 0 Å². The third-order valence-corrected chi connectivity index (χ3v) is 7.30. The van der Waals surface area contributed by atoms with Gasteiger partial charge in [0.2, 0.25) is 0 Å². The largest absolute Gasteiger partial charge is 0.468 e. The van der Waals surface area contributed by atoms with Gasteiger partial charge in [-0.1, -0.05) is 42.0 Å². The molecule has 0 heterocycles. The summed E-state index contributed by atoms with van der Waals surface area (Å²) in [7, 11) is 1.38. The maximum Gasteiger partial charge on any atom is 0.315 e. The Hall–Kier alpha value is -1.28. The number of Topliss-reactive ketones (excluding diaryl/α,β-unsaturated/α-hetero) is 1. The van der Waals surface area contributed by atoms with E-state index in [1.807, 2.05) is 31.2 Å². The number of aliphatic hydroxyl groups excluding tert-OH is 2. The van der Waals surface area contributed by atoms with Crippen molar-refractivity contribution in [1.29, 1.82) is 0 Å². The van der Waals surface area contributed by atoms with Crippen LogP contribution in [0, 0.1) is 12.8 Å². The van der Waals surface area contributed by atoms with Gasteiger partial charge in [-0.25, -0.2) is 0 Å². The van der Waals surface area contributed by atoms with Gasteiger partial charge in [-0.15, -0.1) is 11.8 Å². The fourth-order valence-corrected chi connectivity index (χ4v) is 5.49. The third-order valence-electron chi connectivity index (χ3n) is 4.82. The van der Waals surface area contributed by atoms with Gasteiger partial charge in [-0.05, 0) is 30.4 Å². The number of aliphatic hydroxyl groups is 2. The number of ketones is 1. The van der Waals surface area contributed by atoms with Crippen LogP contribution >= 0.6 is 23.5 Å². The van der Waals surface area contributed by atoms with E-state index < -0.39 is 12.2 Å². The quantitative estimate of drug-likeness (QED) is 0.312. The Morgan fingerprint density at radius 3 is 2.72 bits per heavy atom. The lowest BCUT2D eigenvalue weighted by atomic mass is 10.0. The predicted octanol–water partition coefficient (Wildman–Crippen LogP) is 2.80. The highest BCUT2D eigenvalue weighted by Gasteiger charge is 2.40. The molecule has 2 rings (SSSR count). The molecule has 2 N–H and O–H groups in total. The third kappa shape index (κ3) is 8.16. The van der Waals surface area contributed by atoms with Crippen molar-refractivity contribution < 1.29 is 24.5 Å². The normalized spacial score (nSPS) is 22.9. The molecule has 2 unspecified atom stereocenters. The molecule has 1 aliphatic rings. The lowest BCUT2D eigenvalue weighted by Gasteiger charge is -2.17. The van der Waals surface area contributed by atoms with Crippen LogP contribution in [0.4, 0.5) is 0 Å². The number of carbonyl (C=O) groups is 2. The van der Waals surface area contributed by atoms with Crippen LogP contribution in [0.25, 0.3) is 0 Å². The number of hydrogen-bond donors (Lipinski definition) is 2. The molecule has 0 spiro atoms. The monoisotopic (exact) mass is 438 g/mol. The minimum Gasteiger partial charge on any atom is -0.468 e. The standard InChI is InChI=1S/C22H30O5S2/c1-15-4-6-16(7-5-15)12-17(23)8-9-18-19(24)13-20(25)22(18)29-11-3-10-28-14-21(26)27-2/h4-9,17-19,22-24H,3,10-14H2,1-2H3/b9-8+/t17-,18?,19+,22?/m0/s1. The molecule has 0 aromatic heterocycles. The Balaban J connectivity index is 1.80. The molecule has 1 aromatic carbocycles. The summed E-state index contributed by atoms with van der Waals surface area (Å²) in [5, 5.41) is 20.3. The van der Waals surface area contributed by atoms with Gasteiger partial charge in [0.25, 0.3) is 0 Å². The number of thioether (sulfide) groups is 2. The second-order valence-electron chi connectivity index (χ2n) is 7.23. The lowest BCUT2D eigenvalue weighted by molar-refractivity contribution is -0.137. The summed E-state index contributed by atoms with van der Waals surface area (Å²) in [4.78, 5) is 23.4. The molecule has 0 aliphatic heterocycles. The van der Waals surface area contributed by atoms with Crippen LogP contribution in [0.3, 0.4) is 0 Å². The van der Waals surface area contributed by atoms with E-state index in [0.29, 0.717) is 12.2 Å². The van der Waals surface area contributed by atoms with Crippen LogP contribution in [0.2, 0.25) is 0 Å². The Labute approximate surface area is 181 Å². The van der Waals surface area contributed by atoms with Gasteiger partial charge >= 0.3 is 5.97 Å². The Kier molecular flexibility index (Phi) is 10.3. The van der Waals surface area contributed by atoms with E-state index in [4.69, 9.17) is 0 Å². The van der Waals surface area contributed by atoms with E-state index in [1.165, 1.54) is 24.4 Å². The van der Waals surface area contributed by atoms with Crippen LogP contribution in [0.1, 0.15) is 24.0 Å². The first kappa shape index (κ1) is 24.0. The molecule has 1 aliphatic carbocycles. The molecule has 29 heavy (non-hydrogen) atoms. The second-order valence-corrected chi connectivity index (χ2v) is 9.59. The number of rotatable bonds is 11. The second kappa shape index (κ2) is 12.4.